The van der Waals surface area contributed by atoms with Crippen molar-refractivity contribution in [3.05, 3.63) is 12.7 Å². The lowest BCUT2D eigenvalue weighted by Crippen LogP contribution is -2.43. The first-order chi connectivity index (χ1) is 6.52. The fraction of sp³-hybridized carbons (Fsp3) is 0.727. The monoisotopic (exact) mass is 200 g/mol. The van der Waals surface area contributed by atoms with Crippen LogP contribution in [0.3, 0.4) is 0 Å². The van der Waals surface area contributed by atoms with Crippen molar-refractivity contribution in [1.82, 2.24) is 0 Å². The molecule has 0 atom stereocenters. The molecule has 0 aliphatic heterocycles. The van der Waals surface area contributed by atoms with E-state index in [-0.39, 0.29) is 5.97 Å². The molecule has 0 aromatic carbocycles. The largest absolute Gasteiger partial charge is 0.457 e. The van der Waals surface area contributed by atoms with Crippen LogP contribution in [0.4, 0.5) is 0 Å². The van der Waals surface area contributed by atoms with Crippen LogP contribution in [-0.4, -0.2) is 44.2 Å². The first kappa shape index (κ1) is 13.2. The molecule has 0 saturated carbocycles. The molecular weight excluding hydrogens is 178 g/mol. The molecule has 0 spiro atoms. The number of nitrogens with zero attached hydrogens (tertiary/aromatic N) is 1. The third kappa shape index (κ3) is 6.66. The Morgan fingerprint density at radius 3 is 2.57 bits per heavy atom. The van der Waals surface area contributed by atoms with Crippen molar-refractivity contribution in [3.8, 4) is 0 Å². The Balaban J connectivity index is 3.64. The molecule has 0 N–H and O–H groups in total. The van der Waals surface area contributed by atoms with E-state index in [1.165, 1.54) is 18.9 Å². The molecule has 3 nitrogen and oxygen atoms in total. The third-order valence-electron chi connectivity index (χ3n) is 2.22. The summed E-state index contributed by atoms with van der Waals surface area (Å²) in [4.78, 5) is 10.8. The molecule has 14 heavy (non-hydrogen) atoms. The highest BCUT2D eigenvalue weighted by molar-refractivity contribution is 5.81. The molecule has 0 bridgehead atoms. The summed E-state index contributed by atoms with van der Waals surface area (Å²) in [6, 6.07) is 0. The number of carbonyl (C=O) groups is 1. The van der Waals surface area contributed by atoms with E-state index in [1.54, 1.807) is 0 Å². The summed E-state index contributed by atoms with van der Waals surface area (Å²) in [5.74, 6) is -0.333. The average molecular weight is 200 g/mol. The van der Waals surface area contributed by atoms with Gasteiger partial charge in [-0.3, -0.25) is 0 Å². The van der Waals surface area contributed by atoms with Crippen LogP contribution in [0.2, 0.25) is 0 Å². The fourth-order valence-corrected chi connectivity index (χ4v) is 1.15. The lowest BCUT2D eigenvalue weighted by atomic mass is 10.3. The van der Waals surface area contributed by atoms with Gasteiger partial charge in [0.05, 0.1) is 20.6 Å². The molecule has 0 amide bonds. The summed E-state index contributed by atoms with van der Waals surface area (Å²) in [5.41, 5.74) is 0. The van der Waals surface area contributed by atoms with Crippen molar-refractivity contribution in [2.45, 2.75) is 19.8 Å². The van der Waals surface area contributed by atoms with Gasteiger partial charge in [-0.15, -0.1) is 0 Å². The van der Waals surface area contributed by atoms with Crippen LogP contribution >= 0.6 is 0 Å². The molecule has 0 radical (unpaired) electrons. The van der Waals surface area contributed by atoms with Gasteiger partial charge in [0, 0.05) is 6.08 Å². The van der Waals surface area contributed by atoms with E-state index in [2.05, 4.69) is 27.6 Å². The molecule has 0 saturated heterocycles. The fourth-order valence-electron chi connectivity index (χ4n) is 1.15. The van der Waals surface area contributed by atoms with Gasteiger partial charge in [0.15, 0.2) is 0 Å². The SMILES string of the molecule is C=CC(=O)OCC[N+](C)(C)CCCC. The summed E-state index contributed by atoms with van der Waals surface area (Å²) in [5, 5.41) is 0. The van der Waals surface area contributed by atoms with E-state index in [0.717, 1.165) is 17.6 Å². The van der Waals surface area contributed by atoms with Crippen LogP contribution in [0.1, 0.15) is 19.8 Å². The highest BCUT2D eigenvalue weighted by Gasteiger charge is 2.14. The molecule has 0 unspecified atom stereocenters. The summed E-state index contributed by atoms with van der Waals surface area (Å²) in [7, 11) is 4.30. The van der Waals surface area contributed by atoms with Crippen molar-refractivity contribution in [3.63, 3.8) is 0 Å². The van der Waals surface area contributed by atoms with Gasteiger partial charge >= 0.3 is 5.97 Å². The molecular formula is C11H22NO2+. The van der Waals surface area contributed by atoms with Gasteiger partial charge in [-0.2, -0.15) is 0 Å². The summed E-state index contributed by atoms with van der Waals surface area (Å²) in [6.07, 6.45) is 3.61. The third-order valence-corrected chi connectivity index (χ3v) is 2.22. The van der Waals surface area contributed by atoms with Crippen LogP contribution in [0.5, 0.6) is 0 Å². The van der Waals surface area contributed by atoms with E-state index in [4.69, 9.17) is 4.74 Å². The molecule has 0 aromatic rings. The quantitative estimate of drug-likeness (QED) is 0.354. The lowest BCUT2D eigenvalue weighted by Gasteiger charge is -2.29. The number of ether oxygens (including phenoxy) is 1. The van der Waals surface area contributed by atoms with Crippen LogP contribution in [-0.2, 0) is 9.53 Å². The Bertz CT molecular complexity index is 188. The summed E-state index contributed by atoms with van der Waals surface area (Å²) in [6.45, 7) is 7.99. The van der Waals surface area contributed by atoms with Gasteiger partial charge in [0.25, 0.3) is 0 Å². The Morgan fingerprint density at radius 1 is 1.43 bits per heavy atom. The first-order valence-corrected chi connectivity index (χ1v) is 5.13. The highest BCUT2D eigenvalue weighted by Crippen LogP contribution is 2.01. The maximum atomic E-state index is 10.8. The number of unbranched alkanes of at least 4 members (excludes halogenated alkanes) is 1. The standard InChI is InChI=1S/C11H22NO2/c1-5-7-8-12(3,4)9-10-14-11(13)6-2/h6H,2,5,7-10H2,1,3-4H3/q+1. The molecule has 0 aromatic heterocycles. The number of quaternary nitrogens is 1. The number of esters is 1. The molecule has 0 aliphatic rings. The zero-order valence-corrected chi connectivity index (χ0v) is 9.58. The molecule has 82 valence electrons. The number of hydrogen-bond donors (Lipinski definition) is 0. The van der Waals surface area contributed by atoms with Crippen LogP contribution in [0.15, 0.2) is 12.7 Å². The van der Waals surface area contributed by atoms with Crippen molar-refractivity contribution in [2.24, 2.45) is 0 Å². The minimum Gasteiger partial charge on any atom is -0.457 e. The molecule has 0 rings (SSSR count). The van der Waals surface area contributed by atoms with Gasteiger partial charge in [-0.05, 0) is 6.42 Å². The number of carbonyl (C=O) groups excluding carboxylic acids is 1. The normalized spacial score (nSPS) is 11.1. The van der Waals surface area contributed by atoms with Gasteiger partial charge in [0.2, 0.25) is 0 Å². The van der Waals surface area contributed by atoms with E-state index < -0.39 is 0 Å². The van der Waals surface area contributed by atoms with Crippen molar-refractivity contribution >= 4 is 5.97 Å². The topological polar surface area (TPSA) is 26.3 Å². The minimum absolute atomic E-state index is 0.333. The number of hydrogen-bond acceptors (Lipinski definition) is 2. The van der Waals surface area contributed by atoms with E-state index in [1.807, 2.05) is 0 Å². The maximum Gasteiger partial charge on any atom is 0.330 e. The van der Waals surface area contributed by atoms with E-state index in [9.17, 15) is 4.79 Å². The Morgan fingerprint density at radius 2 is 2.07 bits per heavy atom. The molecule has 0 heterocycles. The zero-order valence-electron chi connectivity index (χ0n) is 9.58. The van der Waals surface area contributed by atoms with Gasteiger partial charge < -0.3 is 9.22 Å². The second-order valence-electron chi connectivity index (χ2n) is 4.11. The van der Waals surface area contributed by atoms with Gasteiger partial charge in [0.1, 0.15) is 13.2 Å². The Hall–Kier alpha value is -0.830. The minimum atomic E-state index is -0.333. The van der Waals surface area contributed by atoms with E-state index in [0.29, 0.717) is 6.61 Å². The van der Waals surface area contributed by atoms with Crippen LogP contribution < -0.4 is 0 Å². The first-order valence-electron chi connectivity index (χ1n) is 5.13. The second-order valence-corrected chi connectivity index (χ2v) is 4.11. The summed E-state index contributed by atoms with van der Waals surface area (Å²) >= 11 is 0. The lowest BCUT2D eigenvalue weighted by molar-refractivity contribution is -0.890. The predicted octanol–water partition coefficient (Wildman–Crippen LogP) is 1.59. The number of likely N-dealkylation sites (N-methyl/N-ethyl adjacent to an activating group) is 1. The van der Waals surface area contributed by atoms with Crippen molar-refractivity contribution in [1.29, 1.82) is 0 Å². The van der Waals surface area contributed by atoms with Crippen molar-refractivity contribution in [2.75, 3.05) is 33.8 Å². The molecule has 3 heteroatoms. The smallest absolute Gasteiger partial charge is 0.330 e. The van der Waals surface area contributed by atoms with Crippen LogP contribution in [0.25, 0.3) is 0 Å². The highest BCUT2D eigenvalue weighted by atomic mass is 16.5. The maximum absolute atomic E-state index is 10.8. The van der Waals surface area contributed by atoms with Crippen molar-refractivity contribution < 1.29 is 14.0 Å². The molecule has 0 aliphatic carbocycles. The second kappa shape index (κ2) is 6.60. The predicted molar refractivity (Wildman–Crippen MR) is 57.9 cm³/mol. The van der Waals surface area contributed by atoms with Crippen LogP contribution in [0, 0.1) is 0 Å². The van der Waals surface area contributed by atoms with Gasteiger partial charge in [-0.25, -0.2) is 4.79 Å². The van der Waals surface area contributed by atoms with E-state index >= 15 is 0 Å². The average Bonchev–Trinajstić information content (AvgIpc) is 2.14. The zero-order chi connectivity index (χ0) is 11.0. The Labute approximate surface area is 86.9 Å². The molecule has 0 fully saturated rings. The van der Waals surface area contributed by atoms with Gasteiger partial charge in [-0.1, -0.05) is 19.9 Å². The number of rotatable bonds is 7. The summed E-state index contributed by atoms with van der Waals surface area (Å²) < 4.78 is 5.84. The Kier molecular flexibility index (Phi) is 6.21.